The molecule has 6 nitrogen and oxygen atoms in total. The van der Waals surface area contributed by atoms with Gasteiger partial charge in [-0.15, -0.1) is 11.6 Å². The molecular weight excluding hydrogens is 244 g/mol. The molecule has 92 valence electrons. The van der Waals surface area contributed by atoms with Gasteiger partial charge in [0.15, 0.2) is 5.65 Å². The number of H-pyrrole nitrogens is 2. The Morgan fingerprint density at radius 3 is 2.71 bits per heavy atom. The molecule has 2 heterocycles. The molecule has 7 heteroatoms. The lowest BCUT2D eigenvalue weighted by Crippen LogP contribution is -2.32. The third-order valence-corrected chi connectivity index (χ3v) is 3.04. The predicted octanol–water partition coefficient (Wildman–Crippen LogP) is 1.12. The number of rotatable bonds is 3. The fourth-order valence-electron chi connectivity index (χ4n) is 1.72. The lowest BCUT2D eigenvalue weighted by molar-refractivity contribution is 0.517. The molecule has 2 aromatic rings. The van der Waals surface area contributed by atoms with Crippen molar-refractivity contribution in [1.82, 2.24) is 19.5 Å². The quantitative estimate of drug-likeness (QED) is 0.808. The van der Waals surface area contributed by atoms with Crippen molar-refractivity contribution in [3.63, 3.8) is 0 Å². The zero-order chi connectivity index (χ0) is 12.6. The van der Waals surface area contributed by atoms with Crippen LogP contribution in [0.1, 0.15) is 32.1 Å². The standard InChI is InChI=1S/C10H13ClN4O2/c1-3-5(2)15-8-7(9(16)14-10(15)17)12-6(4-11)13-8/h5H,3-4H2,1-2H3,(H,12,13)(H,14,16,17). The van der Waals surface area contributed by atoms with Gasteiger partial charge in [-0.1, -0.05) is 6.92 Å². The van der Waals surface area contributed by atoms with Crippen LogP contribution in [-0.4, -0.2) is 19.5 Å². The number of nitrogens with one attached hydrogen (secondary N) is 2. The molecule has 17 heavy (non-hydrogen) atoms. The fraction of sp³-hybridized carbons (Fsp3) is 0.500. The molecule has 2 aromatic heterocycles. The van der Waals surface area contributed by atoms with Gasteiger partial charge in [0.1, 0.15) is 11.3 Å². The first-order chi connectivity index (χ1) is 8.08. The normalized spacial score (nSPS) is 13.1. The molecule has 0 aliphatic heterocycles. The Balaban J connectivity index is 2.86. The molecule has 1 unspecified atom stereocenters. The maximum atomic E-state index is 11.8. The summed E-state index contributed by atoms with van der Waals surface area (Å²) in [5.41, 5.74) is -0.248. The number of hydrogen-bond acceptors (Lipinski definition) is 3. The summed E-state index contributed by atoms with van der Waals surface area (Å²) in [5.74, 6) is 0.651. The third-order valence-electron chi connectivity index (χ3n) is 2.79. The summed E-state index contributed by atoms with van der Waals surface area (Å²) in [7, 11) is 0. The van der Waals surface area contributed by atoms with Crippen LogP contribution in [0.5, 0.6) is 0 Å². The van der Waals surface area contributed by atoms with Crippen molar-refractivity contribution in [3.05, 3.63) is 26.7 Å². The highest BCUT2D eigenvalue weighted by Crippen LogP contribution is 2.13. The number of alkyl halides is 1. The Morgan fingerprint density at radius 1 is 1.41 bits per heavy atom. The second-order valence-corrected chi connectivity index (χ2v) is 4.17. The van der Waals surface area contributed by atoms with Crippen molar-refractivity contribution < 1.29 is 0 Å². The molecule has 0 fully saturated rings. The Morgan fingerprint density at radius 2 is 2.12 bits per heavy atom. The number of fused-ring (bicyclic) bond motifs is 1. The molecular formula is C10H13ClN4O2. The molecule has 0 aliphatic rings. The molecule has 2 rings (SSSR count). The van der Waals surface area contributed by atoms with Gasteiger partial charge in [-0.05, 0) is 13.3 Å². The lowest BCUT2D eigenvalue weighted by Gasteiger charge is -2.12. The first kappa shape index (κ1) is 11.9. The van der Waals surface area contributed by atoms with Crippen molar-refractivity contribution in [2.24, 2.45) is 0 Å². The molecule has 1 atom stereocenters. The van der Waals surface area contributed by atoms with Gasteiger partial charge in [0.2, 0.25) is 0 Å². The summed E-state index contributed by atoms with van der Waals surface area (Å²) in [6.07, 6.45) is 0.768. The molecule has 0 radical (unpaired) electrons. The monoisotopic (exact) mass is 256 g/mol. The molecule has 0 spiro atoms. The maximum absolute atomic E-state index is 11.8. The second-order valence-electron chi connectivity index (χ2n) is 3.90. The van der Waals surface area contributed by atoms with Crippen molar-refractivity contribution >= 4 is 22.8 Å². The minimum atomic E-state index is -0.464. The summed E-state index contributed by atoms with van der Waals surface area (Å²) in [4.78, 5) is 32.6. The number of aromatic nitrogens is 4. The number of imidazole rings is 1. The molecule has 0 saturated heterocycles. The van der Waals surface area contributed by atoms with Gasteiger partial charge in [0.05, 0.1) is 5.88 Å². The van der Waals surface area contributed by atoms with Crippen molar-refractivity contribution in [3.8, 4) is 0 Å². The third kappa shape index (κ3) is 1.88. The van der Waals surface area contributed by atoms with Gasteiger partial charge in [0, 0.05) is 6.04 Å². The molecule has 0 amide bonds. The Labute approximate surface area is 102 Å². The van der Waals surface area contributed by atoms with Crippen LogP contribution < -0.4 is 11.2 Å². The van der Waals surface area contributed by atoms with E-state index in [-0.39, 0.29) is 11.9 Å². The second kappa shape index (κ2) is 4.37. The predicted molar refractivity (Wildman–Crippen MR) is 65.5 cm³/mol. The Kier molecular flexibility index (Phi) is 3.06. The van der Waals surface area contributed by atoms with Crippen LogP contribution in [-0.2, 0) is 5.88 Å². The summed E-state index contributed by atoms with van der Waals surface area (Å²) < 4.78 is 1.48. The number of halogens is 1. The number of hydrogen-bond donors (Lipinski definition) is 2. The summed E-state index contributed by atoms with van der Waals surface area (Å²) >= 11 is 5.66. The number of nitrogens with zero attached hydrogens (tertiary/aromatic N) is 2. The Hall–Kier alpha value is -1.56. The summed E-state index contributed by atoms with van der Waals surface area (Å²) in [6, 6.07) is -0.0340. The summed E-state index contributed by atoms with van der Waals surface area (Å²) in [6.45, 7) is 3.86. The highest BCUT2D eigenvalue weighted by Gasteiger charge is 2.15. The van der Waals surface area contributed by atoms with Crippen LogP contribution in [0.2, 0.25) is 0 Å². The minimum absolute atomic E-state index is 0.0340. The van der Waals surface area contributed by atoms with Crippen LogP contribution in [0.3, 0.4) is 0 Å². The highest BCUT2D eigenvalue weighted by atomic mass is 35.5. The van der Waals surface area contributed by atoms with E-state index in [1.54, 1.807) is 0 Å². The smallest absolute Gasteiger partial charge is 0.330 e. The molecule has 0 saturated carbocycles. The van der Waals surface area contributed by atoms with Crippen LogP contribution in [0.4, 0.5) is 0 Å². The topological polar surface area (TPSA) is 83.5 Å². The van der Waals surface area contributed by atoms with E-state index in [9.17, 15) is 9.59 Å². The zero-order valence-corrected chi connectivity index (χ0v) is 10.3. The van der Waals surface area contributed by atoms with E-state index >= 15 is 0 Å². The zero-order valence-electron chi connectivity index (χ0n) is 9.58. The van der Waals surface area contributed by atoms with E-state index in [1.165, 1.54) is 4.57 Å². The lowest BCUT2D eigenvalue weighted by atomic mass is 10.2. The maximum Gasteiger partial charge on any atom is 0.330 e. The molecule has 2 N–H and O–H groups in total. The van der Waals surface area contributed by atoms with Gasteiger partial charge in [-0.2, -0.15) is 0 Å². The van der Waals surface area contributed by atoms with Gasteiger partial charge >= 0.3 is 5.69 Å². The van der Waals surface area contributed by atoms with E-state index in [0.29, 0.717) is 17.0 Å². The fourth-order valence-corrected chi connectivity index (χ4v) is 1.84. The van der Waals surface area contributed by atoms with Gasteiger partial charge in [-0.25, -0.2) is 9.78 Å². The Bertz CT molecular complexity index is 654. The average molecular weight is 257 g/mol. The highest BCUT2D eigenvalue weighted by molar-refractivity contribution is 6.16. The minimum Gasteiger partial charge on any atom is -0.335 e. The molecule has 0 bridgehead atoms. The largest absolute Gasteiger partial charge is 0.335 e. The van der Waals surface area contributed by atoms with Gasteiger partial charge < -0.3 is 4.98 Å². The van der Waals surface area contributed by atoms with Crippen molar-refractivity contribution in [2.75, 3.05) is 0 Å². The van der Waals surface area contributed by atoms with Crippen LogP contribution >= 0.6 is 11.6 Å². The summed E-state index contributed by atoms with van der Waals surface area (Å²) in [5, 5.41) is 0. The number of aromatic amines is 2. The first-order valence-electron chi connectivity index (χ1n) is 5.37. The van der Waals surface area contributed by atoms with Crippen LogP contribution in [0, 0.1) is 0 Å². The average Bonchev–Trinajstić information content (AvgIpc) is 2.72. The van der Waals surface area contributed by atoms with Crippen LogP contribution in [0.25, 0.3) is 11.2 Å². The van der Waals surface area contributed by atoms with Crippen molar-refractivity contribution in [1.29, 1.82) is 0 Å². The van der Waals surface area contributed by atoms with Gasteiger partial charge in [0.25, 0.3) is 5.56 Å². The molecule has 0 aromatic carbocycles. The van der Waals surface area contributed by atoms with Crippen LogP contribution in [0.15, 0.2) is 9.59 Å². The van der Waals surface area contributed by atoms with Gasteiger partial charge in [-0.3, -0.25) is 14.3 Å². The van der Waals surface area contributed by atoms with E-state index < -0.39 is 11.2 Å². The van der Waals surface area contributed by atoms with Crippen molar-refractivity contribution in [2.45, 2.75) is 32.2 Å². The van der Waals surface area contributed by atoms with E-state index in [2.05, 4.69) is 15.0 Å². The van der Waals surface area contributed by atoms with E-state index in [4.69, 9.17) is 11.6 Å². The van der Waals surface area contributed by atoms with E-state index in [1.807, 2.05) is 13.8 Å². The van der Waals surface area contributed by atoms with E-state index in [0.717, 1.165) is 6.42 Å². The molecule has 0 aliphatic carbocycles. The first-order valence-corrected chi connectivity index (χ1v) is 5.91. The SMILES string of the molecule is CCC(C)n1c(=O)[nH]c(=O)c2[nH]c(CCl)nc21.